The molecule has 0 spiro atoms. The van der Waals surface area contributed by atoms with E-state index in [4.69, 9.17) is 9.84 Å². The highest BCUT2D eigenvalue weighted by molar-refractivity contribution is 9.10. The Morgan fingerprint density at radius 3 is 2.63 bits per heavy atom. The molecule has 0 unspecified atom stereocenters. The third-order valence-electron chi connectivity index (χ3n) is 2.54. The number of aryl methyl sites for hydroxylation is 1. The van der Waals surface area contributed by atoms with Gasteiger partial charge in [0.25, 0.3) is 0 Å². The van der Waals surface area contributed by atoms with Gasteiger partial charge in [0.15, 0.2) is 0 Å². The molecule has 19 heavy (non-hydrogen) atoms. The van der Waals surface area contributed by atoms with Gasteiger partial charge in [0.2, 0.25) is 0 Å². The summed E-state index contributed by atoms with van der Waals surface area (Å²) in [5.41, 5.74) is 0.642. The van der Waals surface area contributed by atoms with Gasteiger partial charge in [0, 0.05) is 4.47 Å². The summed E-state index contributed by atoms with van der Waals surface area (Å²) in [6.07, 6.45) is 0. The molecule has 98 valence electrons. The van der Waals surface area contributed by atoms with Crippen LogP contribution in [0.15, 0.2) is 40.9 Å². The maximum Gasteiger partial charge on any atom is 0.339 e. The average molecular weight is 325 g/mol. The molecule has 3 nitrogen and oxygen atoms in total. The number of ether oxygens (including phenoxy) is 1. The Kier molecular flexibility index (Phi) is 3.85. The quantitative estimate of drug-likeness (QED) is 0.910. The molecule has 0 fully saturated rings. The molecule has 0 aliphatic heterocycles. The van der Waals surface area contributed by atoms with E-state index in [2.05, 4.69) is 15.9 Å². The standard InChI is InChI=1S/C14H10BrFO3/c1-8-2-3-9(15)6-13(8)19-12-5-4-10(16)7-11(12)14(17)18/h2-7H,1H3,(H,17,18). The summed E-state index contributed by atoms with van der Waals surface area (Å²) in [7, 11) is 0. The summed E-state index contributed by atoms with van der Waals surface area (Å²) >= 11 is 3.31. The summed E-state index contributed by atoms with van der Waals surface area (Å²) in [4.78, 5) is 11.1. The second-order valence-electron chi connectivity index (χ2n) is 3.96. The molecule has 0 atom stereocenters. The third-order valence-corrected chi connectivity index (χ3v) is 3.04. The van der Waals surface area contributed by atoms with Crippen molar-refractivity contribution in [3.63, 3.8) is 0 Å². The van der Waals surface area contributed by atoms with E-state index in [0.29, 0.717) is 5.75 Å². The zero-order chi connectivity index (χ0) is 14.0. The summed E-state index contributed by atoms with van der Waals surface area (Å²) < 4.78 is 19.4. The molecule has 1 N–H and O–H groups in total. The fourth-order valence-electron chi connectivity index (χ4n) is 1.56. The van der Waals surface area contributed by atoms with Crippen molar-refractivity contribution in [3.05, 3.63) is 57.8 Å². The topological polar surface area (TPSA) is 46.5 Å². The lowest BCUT2D eigenvalue weighted by molar-refractivity contribution is 0.0693. The van der Waals surface area contributed by atoms with Gasteiger partial charge in [-0.15, -0.1) is 0 Å². The number of rotatable bonds is 3. The van der Waals surface area contributed by atoms with Crippen molar-refractivity contribution in [1.82, 2.24) is 0 Å². The Balaban J connectivity index is 2.43. The molecule has 2 rings (SSSR count). The van der Waals surface area contributed by atoms with Gasteiger partial charge in [-0.2, -0.15) is 0 Å². The van der Waals surface area contributed by atoms with Gasteiger partial charge in [0.1, 0.15) is 22.9 Å². The Morgan fingerprint density at radius 1 is 1.21 bits per heavy atom. The van der Waals surface area contributed by atoms with Gasteiger partial charge in [0.05, 0.1) is 0 Å². The van der Waals surface area contributed by atoms with E-state index in [-0.39, 0.29) is 11.3 Å². The van der Waals surface area contributed by atoms with Gasteiger partial charge >= 0.3 is 5.97 Å². The smallest absolute Gasteiger partial charge is 0.339 e. The van der Waals surface area contributed by atoms with Crippen LogP contribution in [0.5, 0.6) is 11.5 Å². The minimum absolute atomic E-state index is 0.107. The second kappa shape index (κ2) is 5.40. The number of halogens is 2. The largest absolute Gasteiger partial charge is 0.478 e. The molecule has 0 heterocycles. The summed E-state index contributed by atoms with van der Waals surface area (Å²) in [5, 5.41) is 9.04. The molecule has 5 heteroatoms. The van der Waals surface area contributed by atoms with Crippen LogP contribution in [0.4, 0.5) is 4.39 Å². The SMILES string of the molecule is Cc1ccc(Br)cc1Oc1ccc(F)cc1C(=O)O. The van der Waals surface area contributed by atoms with E-state index in [1.54, 1.807) is 6.07 Å². The fourth-order valence-corrected chi connectivity index (χ4v) is 1.90. The number of carbonyl (C=O) groups is 1. The van der Waals surface area contributed by atoms with Crippen LogP contribution in [0.2, 0.25) is 0 Å². The van der Waals surface area contributed by atoms with Crippen molar-refractivity contribution in [2.24, 2.45) is 0 Å². The number of carboxylic acids is 1. The molecule has 0 amide bonds. The molecule has 0 bridgehead atoms. The molecule has 0 aromatic heterocycles. The highest BCUT2D eigenvalue weighted by atomic mass is 79.9. The average Bonchev–Trinajstić information content (AvgIpc) is 2.35. The van der Waals surface area contributed by atoms with Crippen molar-refractivity contribution >= 4 is 21.9 Å². The van der Waals surface area contributed by atoms with E-state index in [1.165, 1.54) is 6.07 Å². The molecule has 2 aromatic carbocycles. The number of hydrogen-bond acceptors (Lipinski definition) is 2. The lowest BCUT2D eigenvalue weighted by Crippen LogP contribution is -2.01. The van der Waals surface area contributed by atoms with Crippen LogP contribution in [0.25, 0.3) is 0 Å². The molecule has 0 radical (unpaired) electrons. The van der Waals surface area contributed by atoms with Crippen molar-refractivity contribution in [2.75, 3.05) is 0 Å². The zero-order valence-electron chi connectivity index (χ0n) is 9.98. The van der Waals surface area contributed by atoms with Crippen LogP contribution >= 0.6 is 15.9 Å². The van der Waals surface area contributed by atoms with Gasteiger partial charge < -0.3 is 9.84 Å². The molecular formula is C14H10BrFO3. The summed E-state index contributed by atoms with van der Waals surface area (Å²) in [5.74, 6) is -1.23. The fraction of sp³-hybridized carbons (Fsp3) is 0.0714. The number of carboxylic acid groups (broad SMARTS) is 1. The Morgan fingerprint density at radius 2 is 1.95 bits per heavy atom. The van der Waals surface area contributed by atoms with Crippen LogP contribution < -0.4 is 4.74 Å². The van der Waals surface area contributed by atoms with E-state index in [0.717, 1.165) is 22.2 Å². The van der Waals surface area contributed by atoms with Crippen LogP contribution in [-0.2, 0) is 0 Å². The van der Waals surface area contributed by atoms with E-state index < -0.39 is 11.8 Å². The first-order valence-electron chi connectivity index (χ1n) is 5.44. The predicted molar refractivity (Wildman–Crippen MR) is 72.3 cm³/mol. The van der Waals surface area contributed by atoms with Gasteiger partial charge in [-0.25, -0.2) is 9.18 Å². The molecule has 0 aliphatic carbocycles. The van der Waals surface area contributed by atoms with Crippen molar-refractivity contribution in [1.29, 1.82) is 0 Å². The molecule has 0 saturated heterocycles. The Bertz CT molecular complexity index is 641. The predicted octanol–water partition coefficient (Wildman–Crippen LogP) is 4.39. The Hall–Kier alpha value is -1.88. The Labute approximate surface area is 117 Å². The third kappa shape index (κ3) is 3.12. The molecular weight excluding hydrogens is 315 g/mol. The zero-order valence-corrected chi connectivity index (χ0v) is 11.6. The van der Waals surface area contributed by atoms with Crippen LogP contribution in [0, 0.1) is 12.7 Å². The summed E-state index contributed by atoms with van der Waals surface area (Å²) in [6, 6.07) is 8.82. The first-order valence-corrected chi connectivity index (χ1v) is 6.23. The lowest BCUT2D eigenvalue weighted by Gasteiger charge is -2.11. The minimum Gasteiger partial charge on any atom is -0.478 e. The lowest BCUT2D eigenvalue weighted by atomic mass is 10.2. The summed E-state index contributed by atoms with van der Waals surface area (Å²) in [6.45, 7) is 1.84. The van der Waals surface area contributed by atoms with Crippen LogP contribution in [0.1, 0.15) is 15.9 Å². The molecule has 0 aliphatic rings. The first kappa shape index (κ1) is 13.5. The molecule has 2 aromatic rings. The minimum atomic E-state index is -1.23. The van der Waals surface area contributed by atoms with Gasteiger partial charge in [-0.1, -0.05) is 22.0 Å². The second-order valence-corrected chi connectivity index (χ2v) is 4.87. The maximum atomic E-state index is 13.1. The van der Waals surface area contributed by atoms with Gasteiger partial charge in [-0.3, -0.25) is 0 Å². The van der Waals surface area contributed by atoms with E-state index >= 15 is 0 Å². The number of aromatic carboxylic acids is 1. The molecule has 0 saturated carbocycles. The van der Waals surface area contributed by atoms with Crippen LogP contribution in [0.3, 0.4) is 0 Å². The van der Waals surface area contributed by atoms with Crippen molar-refractivity contribution in [2.45, 2.75) is 6.92 Å². The van der Waals surface area contributed by atoms with Gasteiger partial charge in [-0.05, 0) is 42.8 Å². The number of hydrogen-bond donors (Lipinski definition) is 1. The highest BCUT2D eigenvalue weighted by Crippen LogP contribution is 2.30. The first-order chi connectivity index (χ1) is 8.97. The van der Waals surface area contributed by atoms with E-state index in [9.17, 15) is 9.18 Å². The van der Waals surface area contributed by atoms with Crippen molar-refractivity contribution in [3.8, 4) is 11.5 Å². The monoisotopic (exact) mass is 324 g/mol. The maximum absolute atomic E-state index is 13.1. The van der Waals surface area contributed by atoms with Crippen molar-refractivity contribution < 1.29 is 19.0 Å². The normalized spacial score (nSPS) is 10.3. The number of benzene rings is 2. The van der Waals surface area contributed by atoms with Crippen LogP contribution in [-0.4, -0.2) is 11.1 Å². The highest BCUT2D eigenvalue weighted by Gasteiger charge is 2.14. The van der Waals surface area contributed by atoms with E-state index in [1.807, 2.05) is 19.1 Å².